The summed E-state index contributed by atoms with van der Waals surface area (Å²) in [5.41, 5.74) is 4.94. The molecule has 1 rings (SSSR count). The molecular formula is C11H20N2O2. The van der Waals surface area contributed by atoms with Crippen LogP contribution < -0.4 is 5.73 Å². The third-order valence-corrected chi connectivity index (χ3v) is 3.05. The third kappa shape index (κ3) is 2.38. The van der Waals surface area contributed by atoms with Gasteiger partial charge >= 0.3 is 0 Å². The molecule has 0 aliphatic carbocycles. The second kappa shape index (κ2) is 4.33. The molecule has 0 saturated carbocycles. The minimum Gasteiger partial charge on any atom is -0.386 e. The standard InChI is InChI=1S/C11H20N2O2/c1-4-5-9(12)10(14)13-6-11(15,7-13)8(2)3/h4,8-9,15H,1,5-7,12H2,2-3H3. The van der Waals surface area contributed by atoms with Gasteiger partial charge in [0.25, 0.3) is 0 Å². The lowest BCUT2D eigenvalue weighted by Gasteiger charge is -2.49. The van der Waals surface area contributed by atoms with Gasteiger partial charge in [0.05, 0.1) is 19.1 Å². The number of hydrogen-bond acceptors (Lipinski definition) is 3. The van der Waals surface area contributed by atoms with Crippen molar-refractivity contribution < 1.29 is 9.90 Å². The van der Waals surface area contributed by atoms with Crippen LogP contribution in [0, 0.1) is 5.92 Å². The predicted octanol–water partition coefficient (Wildman–Crippen LogP) is 0.119. The highest BCUT2D eigenvalue weighted by Crippen LogP contribution is 2.28. The molecule has 86 valence electrons. The largest absolute Gasteiger partial charge is 0.386 e. The highest BCUT2D eigenvalue weighted by molar-refractivity contribution is 5.82. The SMILES string of the molecule is C=CCC(N)C(=O)N1CC(O)(C(C)C)C1. The molecule has 0 radical (unpaired) electrons. The normalized spacial score (nSPS) is 21.0. The minimum atomic E-state index is -0.719. The van der Waals surface area contributed by atoms with Crippen LogP contribution in [0.3, 0.4) is 0 Å². The molecular weight excluding hydrogens is 192 g/mol. The molecule has 1 unspecified atom stereocenters. The Balaban J connectivity index is 2.44. The van der Waals surface area contributed by atoms with Gasteiger partial charge in [-0.3, -0.25) is 4.79 Å². The highest BCUT2D eigenvalue weighted by atomic mass is 16.3. The Labute approximate surface area is 90.7 Å². The Morgan fingerprint density at radius 1 is 1.67 bits per heavy atom. The highest BCUT2D eigenvalue weighted by Gasteiger charge is 2.46. The Kier molecular flexibility index (Phi) is 3.52. The van der Waals surface area contributed by atoms with Crippen LogP contribution in [0.15, 0.2) is 12.7 Å². The molecule has 1 aliphatic rings. The van der Waals surface area contributed by atoms with Crippen molar-refractivity contribution >= 4 is 5.91 Å². The second-order valence-corrected chi connectivity index (χ2v) is 4.58. The Morgan fingerprint density at radius 3 is 2.60 bits per heavy atom. The van der Waals surface area contributed by atoms with Gasteiger partial charge in [-0.25, -0.2) is 0 Å². The number of hydrogen-bond donors (Lipinski definition) is 2. The molecule has 1 atom stereocenters. The fraction of sp³-hybridized carbons (Fsp3) is 0.727. The topological polar surface area (TPSA) is 66.6 Å². The lowest BCUT2D eigenvalue weighted by Crippen LogP contribution is -2.68. The van der Waals surface area contributed by atoms with Crippen molar-refractivity contribution in [1.29, 1.82) is 0 Å². The van der Waals surface area contributed by atoms with Crippen molar-refractivity contribution in [3.8, 4) is 0 Å². The molecule has 0 aromatic carbocycles. The van der Waals surface area contributed by atoms with Crippen LogP contribution in [-0.2, 0) is 4.79 Å². The summed E-state index contributed by atoms with van der Waals surface area (Å²) in [6.45, 7) is 8.24. The fourth-order valence-corrected chi connectivity index (χ4v) is 1.65. The number of nitrogens with two attached hydrogens (primary N) is 1. The van der Waals surface area contributed by atoms with E-state index in [1.807, 2.05) is 13.8 Å². The average Bonchev–Trinajstić information content (AvgIpc) is 2.11. The van der Waals surface area contributed by atoms with Crippen molar-refractivity contribution in [2.75, 3.05) is 13.1 Å². The molecule has 4 nitrogen and oxygen atoms in total. The zero-order valence-electron chi connectivity index (χ0n) is 9.44. The van der Waals surface area contributed by atoms with Crippen molar-refractivity contribution in [1.82, 2.24) is 4.90 Å². The van der Waals surface area contributed by atoms with E-state index >= 15 is 0 Å². The molecule has 1 amide bonds. The van der Waals surface area contributed by atoms with E-state index in [9.17, 15) is 9.90 Å². The number of likely N-dealkylation sites (tertiary alicyclic amines) is 1. The van der Waals surface area contributed by atoms with E-state index in [0.29, 0.717) is 19.5 Å². The molecule has 0 aromatic heterocycles. The Hall–Kier alpha value is -0.870. The summed E-state index contributed by atoms with van der Waals surface area (Å²) in [6, 6.07) is -0.515. The molecule has 1 aliphatic heterocycles. The van der Waals surface area contributed by atoms with Crippen LogP contribution >= 0.6 is 0 Å². The van der Waals surface area contributed by atoms with Crippen LogP contribution in [0.2, 0.25) is 0 Å². The molecule has 3 N–H and O–H groups in total. The van der Waals surface area contributed by atoms with Crippen molar-refractivity contribution in [2.45, 2.75) is 31.9 Å². The molecule has 1 fully saturated rings. The summed E-state index contributed by atoms with van der Waals surface area (Å²) in [4.78, 5) is 13.3. The molecule has 0 bridgehead atoms. The summed E-state index contributed by atoms with van der Waals surface area (Å²) >= 11 is 0. The number of rotatable bonds is 4. The first-order valence-corrected chi connectivity index (χ1v) is 5.28. The van der Waals surface area contributed by atoms with Gasteiger partial charge in [0, 0.05) is 0 Å². The minimum absolute atomic E-state index is 0.0970. The number of aliphatic hydroxyl groups is 1. The van der Waals surface area contributed by atoms with Crippen molar-refractivity contribution in [3.63, 3.8) is 0 Å². The van der Waals surface area contributed by atoms with E-state index in [2.05, 4.69) is 6.58 Å². The Morgan fingerprint density at radius 2 is 2.20 bits per heavy atom. The van der Waals surface area contributed by atoms with E-state index < -0.39 is 11.6 Å². The molecule has 4 heteroatoms. The lowest BCUT2D eigenvalue weighted by molar-refractivity contribution is -0.164. The van der Waals surface area contributed by atoms with Gasteiger partial charge in [-0.1, -0.05) is 19.9 Å². The van der Waals surface area contributed by atoms with Crippen molar-refractivity contribution in [3.05, 3.63) is 12.7 Å². The zero-order chi connectivity index (χ0) is 11.6. The van der Waals surface area contributed by atoms with Crippen LogP contribution in [0.4, 0.5) is 0 Å². The molecule has 1 saturated heterocycles. The maximum absolute atomic E-state index is 11.7. The summed E-state index contributed by atoms with van der Waals surface area (Å²) in [6.07, 6.45) is 2.12. The third-order valence-electron chi connectivity index (χ3n) is 3.05. The van der Waals surface area contributed by atoms with Crippen LogP contribution in [0.5, 0.6) is 0 Å². The van der Waals surface area contributed by atoms with Gasteiger partial charge < -0.3 is 15.7 Å². The van der Waals surface area contributed by atoms with Gasteiger partial charge in [0.1, 0.15) is 5.60 Å². The van der Waals surface area contributed by atoms with Gasteiger partial charge in [0.15, 0.2) is 0 Å². The maximum Gasteiger partial charge on any atom is 0.240 e. The van der Waals surface area contributed by atoms with Gasteiger partial charge in [-0.2, -0.15) is 0 Å². The van der Waals surface area contributed by atoms with E-state index in [1.54, 1.807) is 11.0 Å². The monoisotopic (exact) mass is 212 g/mol. The van der Waals surface area contributed by atoms with Gasteiger partial charge in [-0.05, 0) is 12.3 Å². The summed E-state index contributed by atoms with van der Waals surface area (Å²) in [5.74, 6) is 0.0670. The van der Waals surface area contributed by atoms with E-state index in [-0.39, 0.29) is 11.8 Å². The van der Waals surface area contributed by atoms with Gasteiger partial charge in [-0.15, -0.1) is 6.58 Å². The number of nitrogens with zero attached hydrogens (tertiary/aromatic N) is 1. The number of amides is 1. The molecule has 0 aromatic rings. The predicted molar refractivity (Wildman–Crippen MR) is 59.2 cm³/mol. The Bertz CT molecular complexity index is 257. The van der Waals surface area contributed by atoms with Crippen LogP contribution in [0.1, 0.15) is 20.3 Å². The zero-order valence-corrected chi connectivity index (χ0v) is 9.44. The lowest BCUT2D eigenvalue weighted by atomic mass is 9.82. The fourth-order valence-electron chi connectivity index (χ4n) is 1.65. The molecule has 15 heavy (non-hydrogen) atoms. The molecule has 0 spiro atoms. The average molecular weight is 212 g/mol. The summed E-state index contributed by atoms with van der Waals surface area (Å²) in [5, 5.41) is 9.96. The van der Waals surface area contributed by atoms with Gasteiger partial charge in [0.2, 0.25) is 5.91 Å². The quantitative estimate of drug-likeness (QED) is 0.650. The number of β-amino-alcohol motifs (C(OH)–C–C–N with tert-alkyl or cyclic N) is 1. The van der Waals surface area contributed by atoms with E-state index in [0.717, 1.165) is 0 Å². The van der Waals surface area contributed by atoms with E-state index in [1.165, 1.54) is 0 Å². The second-order valence-electron chi connectivity index (χ2n) is 4.58. The van der Waals surface area contributed by atoms with Crippen LogP contribution in [0.25, 0.3) is 0 Å². The smallest absolute Gasteiger partial charge is 0.240 e. The summed E-state index contributed by atoms with van der Waals surface area (Å²) in [7, 11) is 0. The first kappa shape index (κ1) is 12.2. The number of carbonyl (C=O) groups excluding carboxylic acids is 1. The first-order valence-electron chi connectivity index (χ1n) is 5.28. The van der Waals surface area contributed by atoms with Crippen LogP contribution in [-0.4, -0.2) is 40.6 Å². The summed E-state index contributed by atoms with van der Waals surface area (Å²) < 4.78 is 0. The maximum atomic E-state index is 11.7. The van der Waals surface area contributed by atoms with Crippen molar-refractivity contribution in [2.24, 2.45) is 11.7 Å². The first-order chi connectivity index (χ1) is 6.90. The number of carbonyl (C=O) groups is 1. The van der Waals surface area contributed by atoms with E-state index in [4.69, 9.17) is 5.73 Å². The molecule has 1 heterocycles.